The van der Waals surface area contributed by atoms with Crippen LogP contribution in [0.1, 0.15) is 11.1 Å². The topological polar surface area (TPSA) is 73.1 Å². The zero-order valence-electron chi connectivity index (χ0n) is 11.7. The maximum atomic E-state index is 12.2. The van der Waals surface area contributed by atoms with Crippen LogP contribution in [0.25, 0.3) is 0 Å². The minimum atomic E-state index is -2.67. The van der Waals surface area contributed by atoms with Gasteiger partial charge in [-0.25, -0.2) is 0 Å². The van der Waals surface area contributed by atoms with Gasteiger partial charge in [-0.2, -0.15) is 10.1 Å². The third kappa shape index (κ3) is 2.39. The molecule has 1 aliphatic heterocycles. The Kier molecular flexibility index (Phi) is 3.48. The first-order valence-corrected chi connectivity index (χ1v) is 6.98. The van der Waals surface area contributed by atoms with E-state index in [0.717, 1.165) is 10.6 Å². The van der Waals surface area contributed by atoms with E-state index in [1.165, 1.54) is 0 Å². The van der Waals surface area contributed by atoms with Gasteiger partial charge in [0.05, 0.1) is 5.69 Å². The molecule has 0 aromatic heterocycles. The van der Waals surface area contributed by atoms with Crippen LogP contribution in [-0.4, -0.2) is 27.6 Å². The van der Waals surface area contributed by atoms with E-state index in [9.17, 15) is 15.0 Å². The summed E-state index contributed by atoms with van der Waals surface area (Å²) in [5.41, 5.74) is 1.77. The number of nitrogens with zero attached hydrogens (tertiary/aromatic N) is 2. The molecule has 0 radical (unpaired) electrons. The molecule has 2 N–H and O–H groups in total. The largest absolute Gasteiger partial charge is 0.353 e. The van der Waals surface area contributed by atoms with Crippen LogP contribution in [0.3, 0.4) is 0 Å². The van der Waals surface area contributed by atoms with Crippen LogP contribution in [0.4, 0.5) is 5.69 Å². The van der Waals surface area contributed by atoms with Crippen molar-refractivity contribution in [2.45, 2.75) is 12.7 Å². The van der Waals surface area contributed by atoms with Crippen LogP contribution in [0.2, 0.25) is 5.02 Å². The van der Waals surface area contributed by atoms with Gasteiger partial charge in [0.1, 0.15) is 5.71 Å². The first-order valence-electron chi connectivity index (χ1n) is 6.60. The summed E-state index contributed by atoms with van der Waals surface area (Å²) in [6.45, 7) is 1.92. The van der Waals surface area contributed by atoms with Gasteiger partial charge in [-0.1, -0.05) is 41.4 Å². The lowest BCUT2D eigenvalue weighted by Crippen LogP contribution is -2.46. The van der Waals surface area contributed by atoms with E-state index >= 15 is 0 Å². The van der Waals surface area contributed by atoms with E-state index in [1.807, 2.05) is 19.1 Å². The zero-order valence-corrected chi connectivity index (χ0v) is 12.4. The number of anilines is 1. The molecule has 0 unspecified atom stereocenters. The fourth-order valence-electron chi connectivity index (χ4n) is 2.19. The molecule has 6 heteroatoms. The summed E-state index contributed by atoms with van der Waals surface area (Å²) in [5, 5.41) is 25.8. The molecule has 22 heavy (non-hydrogen) atoms. The van der Waals surface area contributed by atoms with E-state index in [4.69, 9.17) is 11.6 Å². The van der Waals surface area contributed by atoms with Gasteiger partial charge in [-0.15, -0.1) is 0 Å². The summed E-state index contributed by atoms with van der Waals surface area (Å²) >= 11 is 5.82. The number of amides is 1. The van der Waals surface area contributed by atoms with Crippen LogP contribution < -0.4 is 5.01 Å². The number of rotatable bonds is 2. The Labute approximate surface area is 132 Å². The molecule has 0 atom stereocenters. The first kappa shape index (κ1) is 14.7. The highest BCUT2D eigenvalue weighted by atomic mass is 35.5. The Bertz CT molecular complexity index is 752. The predicted octanol–water partition coefficient (Wildman–Crippen LogP) is 2.08. The lowest BCUT2D eigenvalue weighted by atomic mass is 10.0. The first-order chi connectivity index (χ1) is 10.4. The molecular formula is C16H13ClN2O3. The molecule has 0 saturated carbocycles. The second kappa shape index (κ2) is 5.21. The highest BCUT2D eigenvalue weighted by Gasteiger charge is 2.49. The van der Waals surface area contributed by atoms with Crippen molar-refractivity contribution in [3.05, 3.63) is 64.7 Å². The molecule has 0 saturated heterocycles. The summed E-state index contributed by atoms with van der Waals surface area (Å²) in [7, 11) is 0. The highest BCUT2D eigenvalue weighted by Crippen LogP contribution is 2.28. The Hall–Kier alpha value is -2.21. The molecule has 1 aliphatic rings. The zero-order chi connectivity index (χ0) is 15.9. The monoisotopic (exact) mass is 316 g/mol. The third-order valence-electron chi connectivity index (χ3n) is 3.42. The fraction of sp³-hybridized carbons (Fsp3) is 0.125. The number of hydrogen-bond acceptors (Lipinski definition) is 4. The number of halogens is 1. The molecule has 0 bridgehead atoms. The van der Waals surface area contributed by atoms with E-state index in [2.05, 4.69) is 5.10 Å². The molecule has 2 aromatic rings. The van der Waals surface area contributed by atoms with Crippen molar-refractivity contribution in [3.63, 3.8) is 0 Å². The lowest BCUT2D eigenvalue weighted by Gasteiger charge is -2.17. The van der Waals surface area contributed by atoms with Crippen molar-refractivity contribution >= 4 is 28.9 Å². The fourth-order valence-corrected chi connectivity index (χ4v) is 2.32. The molecule has 112 valence electrons. The molecule has 1 amide bonds. The predicted molar refractivity (Wildman–Crippen MR) is 83.8 cm³/mol. The summed E-state index contributed by atoms with van der Waals surface area (Å²) in [4.78, 5) is 12.2. The lowest BCUT2D eigenvalue weighted by molar-refractivity contribution is -0.155. The number of carbonyl (C=O) groups is 1. The van der Waals surface area contributed by atoms with Gasteiger partial charge in [-0.3, -0.25) is 4.79 Å². The summed E-state index contributed by atoms with van der Waals surface area (Å²) in [6, 6.07) is 13.4. The van der Waals surface area contributed by atoms with E-state index in [-0.39, 0.29) is 5.71 Å². The molecule has 5 nitrogen and oxygen atoms in total. The minimum Gasteiger partial charge on any atom is -0.353 e. The number of carbonyl (C=O) groups excluding carboxylic acids is 1. The Morgan fingerprint density at radius 3 is 2.23 bits per heavy atom. The van der Waals surface area contributed by atoms with Crippen LogP contribution in [0.15, 0.2) is 53.6 Å². The molecule has 2 aromatic carbocycles. The van der Waals surface area contributed by atoms with E-state index in [0.29, 0.717) is 16.3 Å². The van der Waals surface area contributed by atoms with Crippen LogP contribution in [0, 0.1) is 6.92 Å². The minimum absolute atomic E-state index is 0.130. The van der Waals surface area contributed by atoms with Crippen molar-refractivity contribution in [2.75, 3.05) is 5.01 Å². The quantitative estimate of drug-likeness (QED) is 0.833. The highest BCUT2D eigenvalue weighted by molar-refractivity contribution is 6.31. The summed E-state index contributed by atoms with van der Waals surface area (Å²) < 4.78 is 0. The van der Waals surface area contributed by atoms with Gasteiger partial charge in [0.15, 0.2) is 0 Å². The average Bonchev–Trinajstić information content (AvgIpc) is 2.72. The smallest absolute Gasteiger partial charge is 0.314 e. The van der Waals surface area contributed by atoms with Crippen molar-refractivity contribution in [1.29, 1.82) is 0 Å². The van der Waals surface area contributed by atoms with Crippen LogP contribution in [0.5, 0.6) is 0 Å². The SMILES string of the molecule is Cc1ccc(N2N=C(c3ccc(Cl)cc3)C(O)(O)C2=O)cc1. The second-order valence-corrected chi connectivity index (χ2v) is 5.52. The molecule has 1 heterocycles. The Balaban J connectivity index is 2.05. The Morgan fingerprint density at radius 2 is 1.64 bits per heavy atom. The number of aliphatic hydroxyl groups is 2. The number of hydrogen-bond donors (Lipinski definition) is 2. The van der Waals surface area contributed by atoms with Crippen LogP contribution >= 0.6 is 11.6 Å². The number of benzene rings is 2. The third-order valence-corrected chi connectivity index (χ3v) is 3.67. The van der Waals surface area contributed by atoms with Crippen molar-refractivity contribution in [3.8, 4) is 0 Å². The second-order valence-electron chi connectivity index (χ2n) is 5.08. The standard InChI is InChI=1S/C16H13ClN2O3/c1-10-2-8-13(9-3-10)19-15(20)16(21,22)14(18-19)11-4-6-12(17)7-5-11/h2-9,21-22H,1H3. The summed E-state index contributed by atoms with van der Waals surface area (Å²) in [5.74, 6) is -3.58. The van der Waals surface area contributed by atoms with Gasteiger partial charge in [0.2, 0.25) is 0 Å². The van der Waals surface area contributed by atoms with Crippen molar-refractivity contribution in [2.24, 2.45) is 5.10 Å². The molecular weight excluding hydrogens is 304 g/mol. The number of hydrazone groups is 1. The number of aryl methyl sites for hydroxylation is 1. The van der Waals surface area contributed by atoms with E-state index in [1.54, 1.807) is 36.4 Å². The Morgan fingerprint density at radius 1 is 1.05 bits per heavy atom. The molecule has 0 aliphatic carbocycles. The molecule has 0 spiro atoms. The molecule has 0 fully saturated rings. The van der Waals surface area contributed by atoms with Gasteiger partial charge < -0.3 is 10.2 Å². The van der Waals surface area contributed by atoms with Gasteiger partial charge in [0, 0.05) is 10.6 Å². The van der Waals surface area contributed by atoms with Gasteiger partial charge in [-0.05, 0) is 31.2 Å². The average molecular weight is 317 g/mol. The van der Waals surface area contributed by atoms with Gasteiger partial charge in [0.25, 0.3) is 5.79 Å². The van der Waals surface area contributed by atoms with Crippen LogP contribution in [-0.2, 0) is 4.79 Å². The van der Waals surface area contributed by atoms with Crippen molar-refractivity contribution in [1.82, 2.24) is 0 Å². The maximum absolute atomic E-state index is 12.2. The van der Waals surface area contributed by atoms with Crippen molar-refractivity contribution < 1.29 is 15.0 Å². The van der Waals surface area contributed by atoms with E-state index < -0.39 is 11.7 Å². The van der Waals surface area contributed by atoms with Gasteiger partial charge >= 0.3 is 5.91 Å². The summed E-state index contributed by atoms with van der Waals surface area (Å²) in [6.07, 6.45) is 0. The normalized spacial score (nSPS) is 16.8. The molecule has 3 rings (SSSR count). The maximum Gasteiger partial charge on any atom is 0.314 e.